The molecule has 0 radical (unpaired) electrons. The van der Waals surface area contributed by atoms with E-state index >= 15 is 0 Å². The van der Waals surface area contributed by atoms with E-state index in [2.05, 4.69) is 30.6 Å². The molecule has 5 rings (SSSR count). The third-order valence-corrected chi connectivity index (χ3v) is 6.78. The van der Waals surface area contributed by atoms with Gasteiger partial charge in [-0.2, -0.15) is 0 Å². The molecule has 5 aromatic rings. The number of nitrogens with zero attached hydrogens (tertiary/aromatic N) is 1. The van der Waals surface area contributed by atoms with Crippen LogP contribution in [0.5, 0.6) is 0 Å². The molecule has 3 heterocycles. The molecule has 2 aromatic carbocycles. The highest BCUT2D eigenvalue weighted by Gasteiger charge is 2.29. The summed E-state index contributed by atoms with van der Waals surface area (Å²) in [6, 6.07) is 12.0. The maximum Gasteiger partial charge on any atom is 0.326 e. The Morgan fingerprint density at radius 2 is 1.38 bits per heavy atom. The van der Waals surface area contributed by atoms with E-state index in [4.69, 9.17) is 5.73 Å². The number of aromatic amines is 3. The average Bonchev–Trinajstić information content (AvgIpc) is 3.69. The van der Waals surface area contributed by atoms with Gasteiger partial charge in [0.15, 0.2) is 0 Å². The minimum atomic E-state index is -1.21. The number of benzene rings is 2. The summed E-state index contributed by atoms with van der Waals surface area (Å²) >= 11 is 0. The van der Waals surface area contributed by atoms with E-state index in [0.717, 1.165) is 32.9 Å². The number of aromatic nitrogens is 4. The number of carboxylic acids is 1. The second kappa shape index (κ2) is 11.2. The van der Waals surface area contributed by atoms with Crippen LogP contribution in [-0.2, 0) is 33.6 Å². The number of hydrogen-bond donors (Lipinski definition) is 7. The number of amides is 2. The molecule has 8 N–H and O–H groups in total. The molecular weight excluding hydrogens is 498 g/mol. The molecule has 3 aromatic heterocycles. The first-order valence-corrected chi connectivity index (χ1v) is 12.6. The third kappa shape index (κ3) is 5.83. The zero-order valence-electron chi connectivity index (χ0n) is 21.0. The summed E-state index contributed by atoms with van der Waals surface area (Å²) in [6.45, 7) is 0. The Hall–Kier alpha value is -4.90. The summed E-state index contributed by atoms with van der Waals surface area (Å²) in [7, 11) is 0. The molecule has 0 bridgehead atoms. The fourth-order valence-corrected chi connectivity index (χ4v) is 4.73. The quantitative estimate of drug-likeness (QED) is 0.137. The van der Waals surface area contributed by atoms with Crippen molar-refractivity contribution >= 4 is 39.6 Å². The molecule has 0 spiro atoms. The number of nitrogens with two attached hydrogens (primary N) is 1. The lowest BCUT2D eigenvalue weighted by Crippen LogP contribution is -2.56. The van der Waals surface area contributed by atoms with E-state index in [1.807, 2.05) is 54.7 Å². The van der Waals surface area contributed by atoms with E-state index in [0.29, 0.717) is 5.69 Å². The summed E-state index contributed by atoms with van der Waals surface area (Å²) in [5.74, 6) is -2.34. The lowest BCUT2D eigenvalue weighted by Gasteiger charge is -2.22. The van der Waals surface area contributed by atoms with Gasteiger partial charge in [0, 0.05) is 58.9 Å². The fraction of sp³-hybridized carbons (Fsp3) is 0.214. The Morgan fingerprint density at radius 1 is 0.795 bits per heavy atom. The molecule has 0 fully saturated rings. The number of carbonyl (C=O) groups excluding carboxylic acids is 2. The number of fused-ring (bicyclic) bond motifs is 2. The lowest BCUT2D eigenvalue weighted by atomic mass is 10.0. The Bertz CT molecular complexity index is 1600. The number of H-pyrrole nitrogens is 3. The van der Waals surface area contributed by atoms with Gasteiger partial charge in [0.2, 0.25) is 11.8 Å². The van der Waals surface area contributed by atoms with Crippen LogP contribution >= 0.6 is 0 Å². The highest BCUT2D eigenvalue weighted by Crippen LogP contribution is 2.20. The van der Waals surface area contributed by atoms with E-state index < -0.39 is 35.9 Å². The molecule has 2 amide bonds. The number of hydrogen-bond acceptors (Lipinski definition) is 5. The van der Waals surface area contributed by atoms with Crippen molar-refractivity contribution in [1.82, 2.24) is 30.6 Å². The van der Waals surface area contributed by atoms with Crippen molar-refractivity contribution in [3.8, 4) is 0 Å². The van der Waals surface area contributed by atoms with E-state index in [9.17, 15) is 19.5 Å². The van der Waals surface area contributed by atoms with Gasteiger partial charge in [-0.05, 0) is 29.7 Å². The molecular formula is C28H29N7O4. The first-order chi connectivity index (χ1) is 18.9. The molecule has 0 aliphatic rings. The standard InChI is InChI=1S/C28H29N7O4/c29-21(9-16-12-31-22-7-3-1-5-19(16)22)26(36)34-24(11-18-14-30-15-33-18)27(37)35-25(28(38)39)10-17-13-32-23-8-4-2-6-20(17)23/h1-8,12-15,21,24-25,31-32H,9-11,29H2,(H,30,33)(H,34,36)(H,35,37)(H,38,39)/t21-,24-,25-/m0/s1. The summed E-state index contributed by atoms with van der Waals surface area (Å²) < 4.78 is 0. The largest absolute Gasteiger partial charge is 0.480 e. The van der Waals surface area contributed by atoms with Gasteiger partial charge in [-0.3, -0.25) is 9.59 Å². The molecule has 0 aliphatic carbocycles. The number of carbonyl (C=O) groups is 3. The molecule has 0 saturated carbocycles. The van der Waals surface area contributed by atoms with Crippen LogP contribution < -0.4 is 16.4 Å². The number of imidazole rings is 1. The summed E-state index contributed by atoms with van der Waals surface area (Å²) in [5, 5.41) is 17.0. The number of nitrogens with one attached hydrogen (secondary N) is 5. The zero-order valence-corrected chi connectivity index (χ0v) is 21.0. The molecule has 0 unspecified atom stereocenters. The van der Waals surface area contributed by atoms with Gasteiger partial charge in [0.05, 0.1) is 12.4 Å². The van der Waals surface area contributed by atoms with E-state index in [-0.39, 0.29) is 19.3 Å². The smallest absolute Gasteiger partial charge is 0.326 e. The highest BCUT2D eigenvalue weighted by atomic mass is 16.4. The molecule has 200 valence electrons. The van der Waals surface area contributed by atoms with Gasteiger partial charge in [0.1, 0.15) is 12.1 Å². The van der Waals surface area contributed by atoms with Crippen LogP contribution in [-0.4, -0.2) is 61.0 Å². The van der Waals surface area contributed by atoms with Gasteiger partial charge in [-0.25, -0.2) is 9.78 Å². The topological polar surface area (TPSA) is 182 Å². The van der Waals surface area contributed by atoms with Crippen LogP contribution in [0.3, 0.4) is 0 Å². The maximum absolute atomic E-state index is 13.3. The fourth-order valence-electron chi connectivity index (χ4n) is 4.73. The van der Waals surface area contributed by atoms with Crippen LogP contribution in [0.25, 0.3) is 21.8 Å². The third-order valence-electron chi connectivity index (χ3n) is 6.78. The van der Waals surface area contributed by atoms with Gasteiger partial charge < -0.3 is 36.4 Å². The molecule has 3 atom stereocenters. The van der Waals surface area contributed by atoms with Crippen molar-refractivity contribution in [2.75, 3.05) is 0 Å². The number of para-hydroxylation sites is 2. The van der Waals surface area contributed by atoms with Crippen LogP contribution in [0.4, 0.5) is 0 Å². The molecule has 11 nitrogen and oxygen atoms in total. The monoisotopic (exact) mass is 527 g/mol. The van der Waals surface area contributed by atoms with E-state index in [1.54, 1.807) is 12.4 Å². The van der Waals surface area contributed by atoms with Crippen molar-refractivity contribution in [2.45, 2.75) is 37.4 Å². The molecule has 0 aliphatic heterocycles. The van der Waals surface area contributed by atoms with Crippen LogP contribution in [0.1, 0.15) is 16.8 Å². The van der Waals surface area contributed by atoms with Gasteiger partial charge in [-0.1, -0.05) is 36.4 Å². The second-order valence-electron chi connectivity index (χ2n) is 9.48. The first kappa shape index (κ1) is 25.7. The summed E-state index contributed by atoms with van der Waals surface area (Å²) in [5.41, 5.74) is 10.3. The Balaban J connectivity index is 1.30. The molecule has 39 heavy (non-hydrogen) atoms. The van der Waals surface area contributed by atoms with Crippen molar-refractivity contribution in [3.05, 3.63) is 90.3 Å². The second-order valence-corrected chi connectivity index (χ2v) is 9.48. The van der Waals surface area contributed by atoms with Gasteiger partial charge in [-0.15, -0.1) is 0 Å². The van der Waals surface area contributed by atoms with E-state index in [1.165, 1.54) is 6.33 Å². The summed E-state index contributed by atoms with van der Waals surface area (Å²) in [6.07, 6.45) is 6.96. The predicted molar refractivity (Wildman–Crippen MR) is 146 cm³/mol. The highest BCUT2D eigenvalue weighted by molar-refractivity contribution is 5.93. The van der Waals surface area contributed by atoms with Crippen molar-refractivity contribution in [3.63, 3.8) is 0 Å². The van der Waals surface area contributed by atoms with Crippen molar-refractivity contribution < 1.29 is 19.5 Å². The zero-order chi connectivity index (χ0) is 27.4. The molecule has 11 heteroatoms. The van der Waals surface area contributed by atoms with Crippen molar-refractivity contribution in [1.29, 1.82) is 0 Å². The Labute approximate surface area is 223 Å². The lowest BCUT2D eigenvalue weighted by molar-refractivity contribution is -0.142. The minimum absolute atomic E-state index is 0.0654. The number of carboxylic acid groups (broad SMARTS) is 1. The molecule has 0 saturated heterocycles. The SMILES string of the molecule is N[C@@H](Cc1c[nH]c2ccccc12)C(=O)N[C@@H](Cc1cnc[nH]1)C(=O)N[C@@H](Cc1c[nH]c2ccccc12)C(=O)O. The predicted octanol–water partition coefficient (Wildman–Crippen LogP) is 1.78. The number of aliphatic carboxylic acids is 1. The van der Waals surface area contributed by atoms with Crippen LogP contribution in [0, 0.1) is 0 Å². The minimum Gasteiger partial charge on any atom is -0.480 e. The summed E-state index contributed by atoms with van der Waals surface area (Å²) in [4.78, 5) is 51.7. The normalized spacial score (nSPS) is 13.7. The van der Waals surface area contributed by atoms with Crippen LogP contribution in [0.2, 0.25) is 0 Å². The first-order valence-electron chi connectivity index (χ1n) is 12.6. The number of rotatable bonds is 11. The Morgan fingerprint density at radius 3 is 1.97 bits per heavy atom. The van der Waals surface area contributed by atoms with Gasteiger partial charge in [0.25, 0.3) is 0 Å². The Kier molecular flexibility index (Phi) is 7.41. The van der Waals surface area contributed by atoms with Crippen molar-refractivity contribution in [2.24, 2.45) is 5.73 Å². The maximum atomic E-state index is 13.3. The van der Waals surface area contributed by atoms with Crippen LogP contribution in [0.15, 0.2) is 73.4 Å². The van der Waals surface area contributed by atoms with Gasteiger partial charge >= 0.3 is 5.97 Å². The average molecular weight is 528 g/mol.